The van der Waals surface area contributed by atoms with Crippen LogP contribution in [0.2, 0.25) is 0 Å². The molecule has 3 heteroatoms. The highest BCUT2D eigenvalue weighted by atomic mass is 15.2. The van der Waals surface area contributed by atoms with Gasteiger partial charge in [0, 0.05) is 38.8 Å². The predicted octanol–water partition coefficient (Wildman–Crippen LogP) is 1.21. The van der Waals surface area contributed by atoms with Crippen molar-refractivity contribution in [1.82, 2.24) is 15.1 Å². The summed E-state index contributed by atoms with van der Waals surface area (Å²) in [4.78, 5) is 4.80. The van der Waals surface area contributed by atoms with Crippen molar-refractivity contribution in [2.24, 2.45) is 0 Å². The van der Waals surface area contributed by atoms with E-state index in [0.717, 1.165) is 32.7 Å². The smallest absolute Gasteiger partial charge is 0.0490 e. The Labute approximate surface area is 104 Å². The Balaban J connectivity index is 2.02. The summed E-state index contributed by atoms with van der Waals surface area (Å²) in [5, 5.41) is 4.56. The highest BCUT2D eigenvalue weighted by molar-refractivity contribution is 5.20. The van der Waals surface area contributed by atoms with E-state index in [1.807, 2.05) is 0 Å². The molecule has 93 valence electrons. The van der Waals surface area contributed by atoms with Gasteiger partial charge in [0.25, 0.3) is 0 Å². The monoisotopic (exact) mass is 232 g/mol. The third-order valence-corrected chi connectivity index (χ3v) is 3.31. The van der Waals surface area contributed by atoms with Crippen LogP contribution in [0.5, 0.6) is 0 Å². The normalized spacial score (nSPS) is 21.9. The van der Waals surface area contributed by atoms with Crippen molar-refractivity contribution < 1.29 is 0 Å². The van der Waals surface area contributed by atoms with Gasteiger partial charge in [0.05, 0.1) is 0 Å². The lowest BCUT2D eigenvalue weighted by molar-refractivity contribution is 0.147. The fourth-order valence-corrected chi connectivity index (χ4v) is 2.27. The van der Waals surface area contributed by atoms with Crippen LogP contribution in [-0.2, 0) is 0 Å². The second-order valence-corrected chi connectivity index (χ2v) is 4.90. The number of benzene rings is 1. The van der Waals surface area contributed by atoms with Crippen LogP contribution >= 0.6 is 0 Å². The van der Waals surface area contributed by atoms with Crippen LogP contribution in [0.4, 0.5) is 0 Å². The van der Waals surface area contributed by atoms with Crippen LogP contribution in [0.1, 0.15) is 11.6 Å². The van der Waals surface area contributed by atoms with E-state index >= 15 is 0 Å². The standard InChI is InChI=1S/C14H22N3/c1-16(2)10-11-17-9-8-15-12-14(17)13-6-4-3-5-7-13/h3-7,14H,8-12H2,1-2H3. The molecule has 0 N–H and O–H groups in total. The van der Waals surface area contributed by atoms with Crippen LogP contribution < -0.4 is 5.32 Å². The maximum Gasteiger partial charge on any atom is 0.0490 e. The number of rotatable bonds is 4. The number of likely N-dealkylation sites (N-methyl/N-ethyl adjacent to an activating group) is 1. The lowest BCUT2D eigenvalue weighted by atomic mass is 10.0. The molecule has 1 fully saturated rings. The molecule has 0 aliphatic carbocycles. The molecule has 17 heavy (non-hydrogen) atoms. The first-order valence-electron chi connectivity index (χ1n) is 6.34. The molecule has 2 rings (SSSR count). The maximum absolute atomic E-state index is 4.56. The minimum atomic E-state index is 0.477. The van der Waals surface area contributed by atoms with Crippen molar-refractivity contribution in [1.29, 1.82) is 0 Å². The van der Waals surface area contributed by atoms with Gasteiger partial charge in [-0.3, -0.25) is 4.90 Å². The summed E-state index contributed by atoms with van der Waals surface area (Å²) in [7, 11) is 4.26. The zero-order valence-electron chi connectivity index (χ0n) is 10.8. The van der Waals surface area contributed by atoms with Gasteiger partial charge >= 0.3 is 0 Å². The van der Waals surface area contributed by atoms with Gasteiger partial charge in [0.1, 0.15) is 0 Å². The fraction of sp³-hybridized carbons (Fsp3) is 0.571. The molecule has 1 saturated heterocycles. The van der Waals surface area contributed by atoms with E-state index in [9.17, 15) is 0 Å². The van der Waals surface area contributed by atoms with Crippen molar-refractivity contribution in [2.75, 3.05) is 46.8 Å². The molecule has 1 atom stereocenters. The molecule has 1 aromatic rings. The molecule has 1 radical (unpaired) electrons. The summed E-state index contributed by atoms with van der Waals surface area (Å²) in [6.07, 6.45) is 0. The van der Waals surface area contributed by atoms with Crippen molar-refractivity contribution >= 4 is 0 Å². The highest BCUT2D eigenvalue weighted by Crippen LogP contribution is 2.21. The Bertz CT molecular complexity index is 323. The van der Waals surface area contributed by atoms with E-state index in [1.54, 1.807) is 0 Å². The third-order valence-electron chi connectivity index (χ3n) is 3.31. The molecule has 3 nitrogen and oxygen atoms in total. The summed E-state index contributed by atoms with van der Waals surface area (Å²) in [6, 6.07) is 11.2. The molecular weight excluding hydrogens is 210 g/mol. The Morgan fingerprint density at radius 3 is 2.76 bits per heavy atom. The third kappa shape index (κ3) is 3.53. The van der Waals surface area contributed by atoms with Crippen molar-refractivity contribution in [2.45, 2.75) is 6.04 Å². The van der Waals surface area contributed by atoms with Crippen LogP contribution in [0.15, 0.2) is 30.3 Å². The largest absolute Gasteiger partial charge is 0.308 e. The second kappa shape index (κ2) is 6.15. The van der Waals surface area contributed by atoms with Gasteiger partial charge in [-0.2, -0.15) is 0 Å². The van der Waals surface area contributed by atoms with Gasteiger partial charge in [-0.05, 0) is 19.7 Å². The summed E-state index contributed by atoms with van der Waals surface area (Å²) >= 11 is 0. The van der Waals surface area contributed by atoms with Crippen molar-refractivity contribution in [3.63, 3.8) is 0 Å². The van der Waals surface area contributed by atoms with Crippen LogP contribution in [0, 0.1) is 0 Å². The first-order valence-corrected chi connectivity index (χ1v) is 6.34. The zero-order valence-corrected chi connectivity index (χ0v) is 10.8. The molecule has 1 heterocycles. The number of piperazine rings is 1. The van der Waals surface area contributed by atoms with Gasteiger partial charge in [-0.15, -0.1) is 0 Å². The molecular formula is C14H22N3. The van der Waals surface area contributed by atoms with E-state index in [0.29, 0.717) is 6.04 Å². The average molecular weight is 232 g/mol. The molecule has 1 aliphatic rings. The lowest BCUT2D eigenvalue weighted by Gasteiger charge is -2.36. The predicted molar refractivity (Wildman–Crippen MR) is 71.2 cm³/mol. The zero-order chi connectivity index (χ0) is 12.1. The average Bonchev–Trinajstić information content (AvgIpc) is 2.38. The highest BCUT2D eigenvalue weighted by Gasteiger charge is 2.23. The molecule has 0 aromatic heterocycles. The maximum atomic E-state index is 4.56. The molecule has 1 aromatic carbocycles. The molecule has 0 saturated carbocycles. The summed E-state index contributed by atoms with van der Waals surface area (Å²) in [6.45, 7) is 5.26. The van der Waals surface area contributed by atoms with Gasteiger partial charge < -0.3 is 4.90 Å². The van der Waals surface area contributed by atoms with Gasteiger partial charge in [-0.1, -0.05) is 30.3 Å². The molecule has 1 unspecified atom stereocenters. The Kier molecular flexibility index (Phi) is 4.54. The van der Waals surface area contributed by atoms with E-state index in [-0.39, 0.29) is 0 Å². The van der Waals surface area contributed by atoms with E-state index in [2.05, 4.69) is 59.5 Å². The van der Waals surface area contributed by atoms with Gasteiger partial charge in [0.15, 0.2) is 0 Å². The van der Waals surface area contributed by atoms with Crippen LogP contribution in [-0.4, -0.2) is 56.6 Å². The Hall–Kier alpha value is -0.900. The quantitative estimate of drug-likeness (QED) is 0.778. The second-order valence-electron chi connectivity index (χ2n) is 4.90. The van der Waals surface area contributed by atoms with Crippen LogP contribution in [0.25, 0.3) is 0 Å². The van der Waals surface area contributed by atoms with Crippen molar-refractivity contribution in [3.8, 4) is 0 Å². The SMILES string of the molecule is CN(C)CCN1CC[N]CC1c1ccccc1. The van der Waals surface area contributed by atoms with E-state index in [1.165, 1.54) is 5.56 Å². The molecule has 0 bridgehead atoms. The van der Waals surface area contributed by atoms with Gasteiger partial charge in [-0.25, -0.2) is 5.32 Å². The minimum absolute atomic E-state index is 0.477. The fourth-order valence-electron chi connectivity index (χ4n) is 2.27. The summed E-state index contributed by atoms with van der Waals surface area (Å²) in [5.74, 6) is 0. The molecule has 0 spiro atoms. The molecule has 1 aliphatic heterocycles. The number of hydrogen-bond acceptors (Lipinski definition) is 2. The van der Waals surface area contributed by atoms with Crippen LogP contribution in [0.3, 0.4) is 0 Å². The Morgan fingerprint density at radius 1 is 1.29 bits per heavy atom. The van der Waals surface area contributed by atoms with Gasteiger partial charge in [0.2, 0.25) is 0 Å². The van der Waals surface area contributed by atoms with E-state index < -0.39 is 0 Å². The Morgan fingerprint density at radius 2 is 2.06 bits per heavy atom. The van der Waals surface area contributed by atoms with E-state index in [4.69, 9.17) is 0 Å². The van der Waals surface area contributed by atoms with Crippen molar-refractivity contribution in [3.05, 3.63) is 35.9 Å². The topological polar surface area (TPSA) is 20.6 Å². The summed E-state index contributed by atoms with van der Waals surface area (Å²) in [5.41, 5.74) is 1.40. The lowest BCUT2D eigenvalue weighted by Crippen LogP contribution is -2.45. The summed E-state index contributed by atoms with van der Waals surface area (Å²) < 4.78 is 0. The minimum Gasteiger partial charge on any atom is -0.308 e. The number of nitrogens with zero attached hydrogens (tertiary/aromatic N) is 3. The number of hydrogen-bond donors (Lipinski definition) is 0. The molecule has 0 amide bonds. The first-order chi connectivity index (χ1) is 8.27. The first kappa shape index (κ1) is 12.6.